The summed E-state index contributed by atoms with van der Waals surface area (Å²) < 4.78 is 42.6. The Bertz CT molecular complexity index is 1380. The molecular formula is C26H21F3N4O2. The summed E-state index contributed by atoms with van der Waals surface area (Å²) in [5.41, 5.74) is 0.886. The summed E-state index contributed by atoms with van der Waals surface area (Å²) in [5, 5.41) is 9.12. The Morgan fingerprint density at radius 2 is 1.40 bits per heavy atom. The van der Waals surface area contributed by atoms with E-state index in [0.29, 0.717) is 21.5 Å². The van der Waals surface area contributed by atoms with Crippen molar-refractivity contribution < 1.29 is 22.8 Å². The molecule has 1 heterocycles. The van der Waals surface area contributed by atoms with Crippen LogP contribution in [0.1, 0.15) is 37.5 Å². The van der Waals surface area contributed by atoms with Gasteiger partial charge in [-0.2, -0.15) is 18.3 Å². The third-order valence-electron chi connectivity index (χ3n) is 5.43. The third kappa shape index (κ3) is 5.08. The molecule has 4 aromatic rings. The first-order valence-corrected chi connectivity index (χ1v) is 10.6. The van der Waals surface area contributed by atoms with Crippen molar-refractivity contribution in [1.82, 2.24) is 9.78 Å². The zero-order valence-electron chi connectivity index (χ0n) is 18.9. The Balaban J connectivity index is 1.62. The predicted molar refractivity (Wildman–Crippen MR) is 127 cm³/mol. The molecule has 0 saturated carbocycles. The number of nitrogens with zero attached hydrogens (tertiary/aromatic N) is 2. The fraction of sp³-hybridized carbons (Fsp3) is 0.115. The van der Waals surface area contributed by atoms with Gasteiger partial charge in [0.25, 0.3) is 11.8 Å². The van der Waals surface area contributed by atoms with Crippen LogP contribution in [0.4, 0.5) is 24.5 Å². The highest BCUT2D eigenvalue weighted by atomic mass is 19.4. The van der Waals surface area contributed by atoms with Crippen molar-refractivity contribution >= 4 is 23.2 Å². The number of nitrogens with one attached hydrogen (secondary N) is 2. The number of carbonyl (C=O) groups is 2. The summed E-state index contributed by atoms with van der Waals surface area (Å²) in [6, 6.07) is 19.7. The number of amides is 2. The van der Waals surface area contributed by atoms with Gasteiger partial charge in [0.05, 0.1) is 17.4 Å². The highest BCUT2D eigenvalue weighted by molar-refractivity contribution is 6.07. The normalized spacial score (nSPS) is 11.2. The minimum absolute atomic E-state index is 0.184. The molecule has 178 valence electrons. The Kier molecular flexibility index (Phi) is 6.42. The number of aryl methyl sites for hydroxylation is 1. The number of hydrogen-bond donors (Lipinski definition) is 2. The minimum atomic E-state index is -4.82. The molecule has 35 heavy (non-hydrogen) atoms. The van der Waals surface area contributed by atoms with Crippen LogP contribution in [-0.2, 0) is 6.18 Å². The molecule has 3 aromatic carbocycles. The Morgan fingerprint density at radius 1 is 0.800 bits per heavy atom. The van der Waals surface area contributed by atoms with Crippen LogP contribution in [0.25, 0.3) is 5.69 Å². The van der Waals surface area contributed by atoms with E-state index in [1.807, 2.05) is 6.92 Å². The van der Waals surface area contributed by atoms with E-state index in [-0.39, 0.29) is 17.3 Å². The Hall–Kier alpha value is -4.40. The van der Waals surface area contributed by atoms with Crippen LogP contribution in [0.15, 0.2) is 79.0 Å². The van der Waals surface area contributed by atoms with Gasteiger partial charge in [0.2, 0.25) is 0 Å². The van der Waals surface area contributed by atoms with Gasteiger partial charge in [-0.05, 0) is 55.8 Å². The number of alkyl halides is 3. The van der Waals surface area contributed by atoms with Gasteiger partial charge in [-0.3, -0.25) is 9.59 Å². The quantitative estimate of drug-likeness (QED) is 0.369. The molecule has 9 heteroatoms. The summed E-state index contributed by atoms with van der Waals surface area (Å²) in [5.74, 6) is -1.32. The monoisotopic (exact) mass is 478 g/mol. The molecule has 6 nitrogen and oxygen atoms in total. The van der Waals surface area contributed by atoms with E-state index in [1.165, 1.54) is 12.1 Å². The molecule has 0 radical (unpaired) electrons. The molecule has 0 fully saturated rings. The molecule has 2 amide bonds. The predicted octanol–water partition coefficient (Wildman–Crippen LogP) is 6.01. The van der Waals surface area contributed by atoms with E-state index in [1.54, 1.807) is 67.6 Å². The van der Waals surface area contributed by atoms with Crippen LogP contribution < -0.4 is 10.6 Å². The van der Waals surface area contributed by atoms with Crippen LogP contribution in [0.5, 0.6) is 0 Å². The fourth-order valence-corrected chi connectivity index (χ4v) is 3.55. The fourth-order valence-electron chi connectivity index (χ4n) is 3.55. The summed E-state index contributed by atoms with van der Waals surface area (Å²) in [4.78, 5) is 25.4. The molecule has 0 atom stereocenters. The van der Waals surface area contributed by atoms with E-state index in [0.717, 1.165) is 11.8 Å². The first kappa shape index (κ1) is 23.7. The minimum Gasteiger partial charge on any atom is -0.322 e. The van der Waals surface area contributed by atoms with Crippen LogP contribution in [0, 0.1) is 13.8 Å². The second-order valence-electron chi connectivity index (χ2n) is 7.90. The van der Waals surface area contributed by atoms with Crippen molar-refractivity contribution in [3.8, 4) is 5.69 Å². The van der Waals surface area contributed by atoms with Gasteiger partial charge >= 0.3 is 6.18 Å². The van der Waals surface area contributed by atoms with Crippen LogP contribution in [0.2, 0.25) is 0 Å². The lowest BCUT2D eigenvalue weighted by molar-refractivity contribution is -0.143. The molecule has 0 aliphatic carbocycles. The third-order valence-corrected chi connectivity index (χ3v) is 5.43. The van der Waals surface area contributed by atoms with E-state index in [9.17, 15) is 22.8 Å². The largest absolute Gasteiger partial charge is 0.434 e. The van der Waals surface area contributed by atoms with E-state index in [4.69, 9.17) is 0 Å². The number of aromatic nitrogens is 2. The number of anilines is 2. The summed E-state index contributed by atoms with van der Waals surface area (Å²) in [7, 11) is 0. The summed E-state index contributed by atoms with van der Waals surface area (Å²) in [6.07, 6.45) is -3.93. The lowest BCUT2D eigenvalue weighted by atomic mass is 10.1. The first-order chi connectivity index (χ1) is 16.6. The van der Waals surface area contributed by atoms with Crippen LogP contribution in [-0.4, -0.2) is 21.6 Å². The van der Waals surface area contributed by atoms with Gasteiger partial charge < -0.3 is 10.6 Å². The topological polar surface area (TPSA) is 76.0 Å². The van der Waals surface area contributed by atoms with Crippen molar-refractivity contribution in [2.24, 2.45) is 0 Å². The second kappa shape index (κ2) is 9.46. The molecule has 1 aromatic heterocycles. The maximum atomic E-state index is 14.0. The maximum Gasteiger partial charge on any atom is 0.434 e. The summed E-state index contributed by atoms with van der Waals surface area (Å²) in [6.45, 7) is 3.46. The molecular weight excluding hydrogens is 457 g/mol. The van der Waals surface area contributed by atoms with Crippen molar-refractivity contribution in [2.45, 2.75) is 20.0 Å². The highest BCUT2D eigenvalue weighted by Gasteiger charge is 2.40. The summed E-state index contributed by atoms with van der Waals surface area (Å²) >= 11 is 0. The molecule has 4 rings (SSSR count). The first-order valence-electron chi connectivity index (χ1n) is 10.6. The van der Waals surface area contributed by atoms with Crippen molar-refractivity contribution in [1.29, 1.82) is 0 Å². The average Bonchev–Trinajstić information content (AvgIpc) is 3.29. The van der Waals surface area contributed by atoms with E-state index in [2.05, 4.69) is 15.7 Å². The lowest BCUT2D eigenvalue weighted by Gasteiger charge is -2.15. The smallest absolute Gasteiger partial charge is 0.322 e. The van der Waals surface area contributed by atoms with Gasteiger partial charge in [0, 0.05) is 16.9 Å². The molecule has 0 unspecified atom stereocenters. The number of rotatable bonds is 5. The van der Waals surface area contributed by atoms with E-state index < -0.39 is 23.3 Å². The maximum absolute atomic E-state index is 14.0. The molecule has 0 bridgehead atoms. The molecule has 2 N–H and O–H groups in total. The van der Waals surface area contributed by atoms with Gasteiger partial charge in [0.15, 0.2) is 5.69 Å². The average molecular weight is 478 g/mol. The Labute approximate surface area is 199 Å². The molecule has 0 spiro atoms. The van der Waals surface area contributed by atoms with Gasteiger partial charge in [-0.1, -0.05) is 42.0 Å². The van der Waals surface area contributed by atoms with Gasteiger partial charge in [-0.15, -0.1) is 0 Å². The number of halogens is 3. The van der Waals surface area contributed by atoms with E-state index >= 15 is 0 Å². The molecule has 0 aliphatic rings. The standard InChI is InChI=1S/C26H21F3N4O2/c1-16-11-13-19(14-12-16)33-23(26(27,28)29)20(15-30-33)25(35)32-22-10-6-9-21(17(22)2)31-24(34)18-7-4-3-5-8-18/h3-15H,1-2H3,(H,31,34)(H,32,35). The van der Waals surface area contributed by atoms with Gasteiger partial charge in [0.1, 0.15) is 0 Å². The second-order valence-corrected chi connectivity index (χ2v) is 7.90. The highest BCUT2D eigenvalue weighted by Crippen LogP contribution is 2.34. The Morgan fingerprint density at radius 3 is 2.00 bits per heavy atom. The zero-order chi connectivity index (χ0) is 25.2. The molecule has 0 saturated heterocycles. The van der Waals surface area contributed by atoms with Crippen molar-refractivity contribution in [2.75, 3.05) is 10.6 Å². The van der Waals surface area contributed by atoms with Crippen LogP contribution in [0.3, 0.4) is 0 Å². The number of hydrogen-bond acceptors (Lipinski definition) is 3. The SMILES string of the molecule is Cc1ccc(-n2ncc(C(=O)Nc3cccc(NC(=O)c4ccccc4)c3C)c2C(F)(F)F)cc1. The van der Waals surface area contributed by atoms with Crippen LogP contribution >= 0.6 is 0 Å². The number of benzene rings is 3. The van der Waals surface area contributed by atoms with Crippen molar-refractivity contribution in [3.05, 3.63) is 107 Å². The van der Waals surface area contributed by atoms with Crippen molar-refractivity contribution in [3.63, 3.8) is 0 Å². The number of carbonyl (C=O) groups excluding carboxylic acids is 2. The zero-order valence-corrected chi connectivity index (χ0v) is 18.9. The van der Waals surface area contributed by atoms with Gasteiger partial charge in [-0.25, -0.2) is 4.68 Å². The lowest BCUT2D eigenvalue weighted by Crippen LogP contribution is -2.21. The molecule has 0 aliphatic heterocycles.